The molecule has 0 aliphatic heterocycles. The molecule has 0 radical (unpaired) electrons. The van der Waals surface area contributed by atoms with Gasteiger partial charge in [0.1, 0.15) is 6.10 Å². The number of aliphatic hydroxyl groups excluding tert-OH is 2. The Morgan fingerprint density at radius 2 is 2.00 bits per heavy atom. The third-order valence-corrected chi connectivity index (χ3v) is 2.90. The van der Waals surface area contributed by atoms with Crippen molar-refractivity contribution in [2.45, 2.75) is 18.6 Å². The Morgan fingerprint density at radius 3 is 2.67 bits per heavy atom. The fraction of sp³-hybridized carbons (Fsp3) is 0.308. The van der Waals surface area contributed by atoms with Crippen LogP contribution in [-0.2, 0) is 0 Å². The first-order chi connectivity index (χ1) is 8.74. The highest BCUT2D eigenvalue weighted by Gasteiger charge is 2.21. The predicted molar refractivity (Wildman–Crippen MR) is 68.7 cm³/mol. The summed E-state index contributed by atoms with van der Waals surface area (Å²) >= 11 is 0. The van der Waals surface area contributed by atoms with E-state index in [1.165, 1.54) is 0 Å². The first kappa shape index (κ1) is 12.8. The van der Waals surface area contributed by atoms with Crippen LogP contribution < -0.4 is 5.73 Å². The largest absolute Gasteiger partial charge is 0.390 e. The molecule has 5 N–H and O–H groups in total. The molecule has 1 aromatic carbocycles. The predicted octanol–water partition coefficient (Wildman–Crippen LogP) is 0.820. The molecule has 0 spiro atoms. The fourth-order valence-electron chi connectivity index (χ4n) is 1.94. The summed E-state index contributed by atoms with van der Waals surface area (Å²) in [6.45, 7) is 0.338. The number of H-pyrrole nitrogens is 1. The van der Waals surface area contributed by atoms with Crippen molar-refractivity contribution in [3.8, 4) is 11.3 Å². The van der Waals surface area contributed by atoms with Crippen molar-refractivity contribution in [1.29, 1.82) is 0 Å². The molecule has 1 heterocycles. The Morgan fingerprint density at radius 1 is 1.22 bits per heavy atom. The molecule has 18 heavy (non-hydrogen) atoms. The van der Waals surface area contributed by atoms with Gasteiger partial charge in [-0.3, -0.25) is 5.10 Å². The Balaban J connectivity index is 2.33. The molecule has 96 valence electrons. The Bertz CT molecular complexity index is 485. The highest BCUT2D eigenvalue weighted by atomic mass is 16.3. The van der Waals surface area contributed by atoms with Crippen molar-refractivity contribution in [2.75, 3.05) is 6.54 Å². The van der Waals surface area contributed by atoms with Crippen LogP contribution in [0.25, 0.3) is 11.3 Å². The molecular formula is C13H17N3O2. The number of hydrogen-bond donors (Lipinski definition) is 4. The number of rotatable bonds is 5. The summed E-state index contributed by atoms with van der Waals surface area (Å²) in [5.74, 6) is 0. The van der Waals surface area contributed by atoms with Crippen molar-refractivity contribution in [1.82, 2.24) is 10.2 Å². The van der Waals surface area contributed by atoms with Gasteiger partial charge in [0.15, 0.2) is 0 Å². The number of nitrogens with two attached hydrogens (primary N) is 1. The van der Waals surface area contributed by atoms with Gasteiger partial charge in [-0.15, -0.1) is 0 Å². The van der Waals surface area contributed by atoms with Crippen molar-refractivity contribution in [2.24, 2.45) is 5.73 Å². The maximum absolute atomic E-state index is 10.2. The summed E-state index contributed by atoms with van der Waals surface area (Å²) in [6.07, 6.45) is 0.194. The molecule has 0 bridgehead atoms. The maximum atomic E-state index is 10.2. The van der Waals surface area contributed by atoms with Crippen LogP contribution in [-0.4, -0.2) is 33.1 Å². The monoisotopic (exact) mass is 247 g/mol. The van der Waals surface area contributed by atoms with Crippen LogP contribution in [0.3, 0.4) is 0 Å². The lowest BCUT2D eigenvalue weighted by molar-refractivity contribution is 0.0153. The van der Waals surface area contributed by atoms with Gasteiger partial charge >= 0.3 is 0 Å². The van der Waals surface area contributed by atoms with Gasteiger partial charge in [-0.05, 0) is 24.6 Å². The minimum Gasteiger partial charge on any atom is -0.390 e. The van der Waals surface area contributed by atoms with E-state index in [1.807, 2.05) is 24.3 Å². The molecule has 0 fully saturated rings. The molecule has 5 nitrogen and oxygen atoms in total. The number of hydrogen-bond acceptors (Lipinski definition) is 4. The lowest BCUT2D eigenvalue weighted by atomic mass is 9.95. The number of nitrogens with zero attached hydrogens (tertiary/aromatic N) is 1. The third-order valence-electron chi connectivity index (χ3n) is 2.90. The number of nitrogens with one attached hydrogen (secondary N) is 1. The quantitative estimate of drug-likeness (QED) is 0.629. The van der Waals surface area contributed by atoms with Crippen LogP contribution in [0.5, 0.6) is 0 Å². The summed E-state index contributed by atoms with van der Waals surface area (Å²) in [4.78, 5) is 0. The van der Waals surface area contributed by atoms with E-state index in [0.717, 1.165) is 11.3 Å². The first-order valence-electron chi connectivity index (χ1n) is 5.89. The van der Waals surface area contributed by atoms with E-state index >= 15 is 0 Å². The van der Waals surface area contributed by atoms with Crippen molar-refractivity contribution in [3.63, 3.8) is 0 Å². The van der Waals surface area contributed by atoms with E-state index in [2.05, 4.69) is 10.2 Å². The zero-order valence-corrected chi connectivity index (χ0v) is 9.95. The van der Waals surface area contributed by atoms with Gasteiger partial charge in [0.05, 0.1) is 11.8 Å². The van der Waals surface area contributed by atoms with Crippen molar-refractivity contribution in [3.05, 3.63) is 42.1 Å². The van der Waals surface area contributed by atoms with E-state index in [4.69, 9.17) is 5.73 Å². The van der Waals surface area contributed by atoms with Crippen LogP contribution in [0.1, 0.15) is 18.1 Å². The molecule has 0 saturated carbocycles. The average Bonchev–Trinajstić information content (AvgIpc) is 2.92. The molecule has 2 aromatic rings. The molecule has 2 atom stereocenters. The van der Waals surface area contributed by atoms with E-state index < -0.39 is 12.2 Å². The van der Waals surface area contributed by atoms with Gasteiger partial charge in [0.2, 0.25) is 0 Å². The molecule has 0 amide bonds. The van der Waals surface area contributed by atoms with Gasteiger partial charge in [0, 0.05) is 11.8 Å². The highest BCUT2D eigenvalue weighted by molar-refractivity contribution is 5.63. The SMILES string of the molecule is NCCC(O)C(O)c1ccccc1-c1ccn[nH]1. The molecule has 2 rings (SSSR count). The van der Waals surface area contributed by atoms with Crippen LogP contribution in [0.15, 0.2) is 36.5 Å². The van der Waals surface area contributed by atoms with E-state index in [-0.39, 0.29) is 0 Å². The fourth-order valence-corrected chi connectivity index (χ4v) is 1.94. The standard InChI is InChI=1S/C13H17N3O2/c14-7-5-12(17)13(18)10-4-2-1-3-9(10)11-6-8-15-16-11/h1-4,6,8,12-13,17-18H,5,7,14H2,(H,15,16). The number of benzene rings is 1. The third kappa shape index (κ3) is 2.59. The Kier molecular flexibility index (Phi) is 4.09. The molecular weight excluding hydrogens is 230 g/mol. The topological polar surface area (TPSA) is 95.2 Å². The lowest BCUT2D eigenvalue weighted by Gasteiger charge is -2.19. The summed E-state index contributed by atoms with van der Waals surface area (Å²) in [5, 5.41) is 26.7. The molecule has 1 aromatic heterocycles. The smallest absolute Gasteiger partial charge is 0.106 e. The second-order valence-electron chi connectivity index (χ2n) is 4.15. The summed E-state index contributed by atoms with van der Waals surface area (Å²) in [7, 11) is 0. The second kappa shape index (κ2) is 5.77. The summed E-state index contributed by atoms with van der Waals surface area (Å²) in [5.41, 5.74) is 7.70. The van der Waals surface area contributed by atoms with Crippen LogP contribution in [0, 0.1) is 0 Å². The first-order valence-corrected chi connectivity index (χ1v) is 5.89. The lowest BCUT2D eigenvalue weighted by Crippen LogP contribution is -2.22. The summed E-state index contributed by atoms with van der Waals surface area (Å²) in [6, 6.07) is 9.19. The Hall–Kier alpha value is -1.69. The van der Waals surface area contributed by atoms with Gasteiger partial charge in [-0.25, -0.2) is 0 Å². The van der Waals surface area contributed by atoms with E-state index in [0.29, 0.717) is 18.5 Å². The molecule has 0 aliphatic carbocycles. The van der Waals surface area contributed by atoms with E-state index in [1.54, 1.807) is 12.3 Å². The van der Waals surface area contributed by atoms with Gasteiger partial charge in [-0.2, -0.15) is 5.10 Å². The van der Waals surface area contributed by atoms with Crippen LogP contribution in [0.4, 0.5) is 0 Å². The van der Waals surface area contributed by atoms with Crippen molar-refractivity contribution >= 4 is 0 Å². The minimum absolute atomic E-state index is 0.338. The second-order valence-corrected chi connectivity index (χ2v) is 4.15. The molecule has 0 aliphatic rings. The number of aromatic nitrogens is 2. The number of aromatic amines is 1. The normalized spacial score (nSPS) is 14.4. The van der Waals surface area contributed by atoms with Gasteiger partial charge in [0.25, 0.3) is 0 Å². The number of aliphatic hydroxyl groups is 2. The zero-order chi connectivity index (χ0) is 13.0. The summed E-state index contributed by atoms with van der Waals surface area (Å²) < 4.78 is 0. The zero-order valence-electron chi connectivity index (χ0n) is 9.95. The van der Waals surface area contributed by atoms with Crippen LogP contribution in [0.2, 0.25) is 0 Å². The van der Waals surface area contributed by atoms with Gasteiger partial charge < -0.3 is 15.9 Å². The average molecular weight is 247 g/mol. The molecule has 5 heteroatoms. The van der Waals surface area contributed by atoms with Gasteiger partial charge in [-0.1, -0.05) is 24.3 Å². The molecule has 2 unspecified atom stereocenters. The minimum atomic E-state index is -0.951. The molecule has 0 saturated heterocycles. The van der Waals surface area contributed by atoms with E-state index in [9.17, 15) is 10.2 Å². The van der Waals surface area contributed by atoms with Crippen molar-refractivity contribution < 1.29 is 10.2 Å². The maximum Gasteiger partial charge on any atom is 0.106 e. The Labute approximate surface area is 105 Å². The highest BCUT2D eigenvalue weighted by Crippen LogP contribution is 2.29. The van der Waals surface area contributed by atoms with Crippen LogP contribution >= 0.6 is 0 Å².